The molecule has 0 amide bonds. The topological polar surface area (TPSA) is 83.5 Å². The summed E-state index contributed by atoms with van der Waals surface area (Å²) < 4.78 is 75.4. The number of aliphatic hydroxyl groups is 1. The van der Waals surface area contributed by atoms with Crippen LogP contribution in [0.2, 0.25) is 0 Å². The quantitative estimate of drug-likeness (QED) is 0.579. The predicted octanol–water partition coefficient (Wildman–Crippen LogP) is 2.42. The minimum atomic E-state index is -5.28. The van der Waals surface area contributed by atoms with Crippen molar-refractivity contribution in [1.82, 2.24) is 0 Å². The van der Waals surface area contributed by atoms with Gasteiger partial charge in [0.25, 0.3) is 0 Å². The van der Waals surface area contributed by atoms with Crippen molar-refractivity contribution in [2.45, 2.75) is 18.5 Å². The monoisotopic (exact) mass is 303 g/mol. The van der Waals surface area contributed by atoms with E-state index >= 15 is 0 Å². The summed E-state index contributed by atoms with van der Waals surface area (Å²) in [5.41, 5.74) is -1.06. The van der Waals surface area contributed by atoms with Crippen LogP contribution in [-0.2, 0) is 17.1 Å². The number of nitrogen functional groups attached to an aromatic ring is 1. The molecule has 1 aromatic rings. The number of hydrogen-bond acceptors (Lipinski definition) is 3. The smallest absolute Gasteiger partial charge is 0.418 e. The molecule has 20 heavy (non-hydrogen) atoms. The highest BCUT2D eigenvalue weighted by Crippen LogP contribution is 2.41. The maximum atomic E-state index is 12.7. The number of benzene rings is 1. The summed E-state index contributed by atoms with van der Waals surface area (Å²) in [6.45, 7) is 0. The number of alkyl halides is 6. The summed E-state index contributed by atoms with van der Waals surface area (Å²) in [6.07, 6.45) is -13.1. The molecule has 10 heteroatoms. The van der Waals surface area contributed by atoms with E-state index in [1.165, 1.54) is 0 Å². The van der Waals surface area contributed by atoms with Crippen LogP contribution in [0, 0.1) is 0 Å². The van der Waals surface area contributed by atoms with Gasteiger partial charge < -0.3 is 15.9 Å². The number of nitrogens with two attached hydrogens (primary N) is 1. The third kappa shape index (κ3) is 3.13. The van der Waals surface area contributed by atoms with Crippen LogP contribution in [0.15, 0.2) is 12.1 Å². The molecular formula is C10H7F6NO3. The molecule has 0 aliphatic heterocycles. The average molecular weight is 303 g/mol. The van der Waals surface area contributed by atoms with Crippen molar-refractivity contribution < 1.29 is 41.4 Å². The van der Waals surface area contributed by atoms with Crippen molar-refractivity contribution in [3.63, 3.8) is 0 Å². The fraction of sp³-hybridized carbons (Fsp3) is 0.300. The molecule has 0 saturated carbocycles. The van der Waals surface area contributed by atoms with Crippen LogP contribution in [0.1, 0.15) is 22.8 Å². The first-order valence-corrected chi connectivity index (χ1v) is 4.84. The van der Waals surface area contributed by atoms with Crippen molar-refractivity contribution >= 4 is 11.7 Å². The Labute approximate surface area is 107 Å². The minimum absolute atomic E-state index is 0.157. The van der Waals surface area contributed by atoms with E-state index in [-0.39, 0.29) is 12.1 Å². The highest BCUT2D eigenvalue weighted by Gasteiger charge is 2.41. The second kappa shape index (κ2) is 4.85. The molecule has 0 radical (unpaired) electrons. The molecule has 1 unspecified atom stereocenters. The van der Waals surface area contributed by atoms with Gasteiger partial charge in [0.05, 0.1) is 11.1 Å². The van der Waals surface area contributed by atoms with E-state index in [1.807, 2.05) is 0 Å². The van der Waals surface area contributed by atoms with Crippen LogP contribution < -0.4 is 5.73 Å². The number of halogens is 6. The zero-order chi connectivity index (χ0) is 15.9. The number of carbonyl (C=O) groups is 1. The lowest BCUT2D eigenvalue weighted by molar-refractivity contribution is -0.149. The molecule has 0 heterocycles. The minimum Gasteiger partial charge on any atom is -0.479 e. The first-order chi connectivity index (χ1) is 8.85. The number of rotatable bonds is 2. The summed E-state index contributed by atoms with van der Waals surface area (Å²) in [5.74, 6) is -2.05. The second-order valence-corrected chi connectivity index (χ2v) is 3.76. The van der Waals surface area contributed by atoms with E-state index in [2.05, 4.69) is 0 Å². The molecule has 0 bridgehead atoms. The highest BCUT2D eigenvalue weighted by molar-refractivity contribution is 5.75. The molecule has 1 aromatic carbocycles. The summed E-state index contributed by atoms with van der Waals surface area (Å²) in [6, 6.07) is -0.165. The standard InChI is InChI=1S/C10H7F6NO3/c11-9(12,13)4-2-5(10(14,15)16)6(17)1-3(4)7(18)8(19)20/h1-2,7,18H,17H2,(H,19,20). The number of carboxylic acid groups (broad SMARTS) is 1. The van der Waals surface area contributed by atoms with Gasteiger partial charge in [-0.05, 0) is 12.1 Å². The van der Waals surface area contributed by atoms with Crippen molar-refractivity contribution in [2.75, 3.05) is 5.73 Å². The molecule has 0 fully saturated rings. The molecule has 0 spiro atoms. The van der Waals surface area contributed by atoms with E-state index in [1.54, 1.807) is 0 Å². The van der Waals surface area contributed by atoms with Crippen molar-refractivity contribution in [3.8, 4) is 0 Å². The normalized spacial score (nSPS) is 14.2. The lowest BCUT2D eigenvalue weighted by Gasteiger charge is -2.19. The number of carboxylic acids is 1. The molecule has 1 atom stereocenters. The fourth-order valence-corrected chi connectivity index (χ4v) is 1.48. The fourth-order valence-electron chi connectivity index (χ4n) is 1.48. The first kappa shape index (κ1) is 16.1. The van der Waals surface area contributed by atoms with Gasteiger partial charge in [-0.15, -0.1) is 0 Å². The SMILES string of the molecule is Nc1cc(C(O)C(=O)O)c(C(F)(F)F)cc1C(F)(F)F. The molecule has 0 aliphatic rings. The molecular weight excluding hydrogens is 296 g/mol. The molecule has 0 saturated heterocycles. The Kier molecular flexibility index (Phi) is 3.90. The molecule has 0 aliphatic carbocycles. The highest BCUT2D eigenvalue weighted by atomic mass is 19.4. The van der Waals surface area contributed by atoms with Crippen molar-refractivity contribution in [3.05, 3.63) is 28.8 Å². The number of hydrogen-bond donors (Lipinski definition) is 3. The number of anilines is 1. The molecule has 0 aromatic heterocycles. The Bertz CT molecular complexity index is 537. The first-order valence-electron chi connectivity index (χ1n) is 4.84. The van der Waals surface area contributed by atoms with Gasteiger partial charge in [0.2, 0.25) is 0 Å². The summed E-state index contributed by atoms with van der Waals surface area (Å²) >= 11 is 0. The Morgan fingerprint density at radius 2 is 1.50 bits per heavy atom. The zero-order valence-electron chi connectivity index (χ0n) is 9.38. The second-order valence-electron chi connectivity index (χ2n) is 3.76. The molecule has 4 N–H and O–H groups in total. The third-order valence-corrected chi connectivity index (χ3v) is 2.36. The van der Waals surface area contributed by atoms with Crippen LogP contribution in [0.4, 0.5) is 32.0 Å². The van der Waals surface area contributed by atoms with Crippen LogP contribution >= 0.6 is 0 Å². The van der Waals surface area contributed by atoms with Crippen molar-refractivity contribution in [2.24, 2.45) is 0 Å². The van der Waals surface area contributed by atoms with E-state index in [0.29, 0.717) is 0 Å². The van der Waals surface area contributed by atoms with E-state index < -0.39 is 46.8 Å². The predicted molar refractivity (Wildman–Crippen MR) is 53.5 cm³/mol. The van der Waals surface area contributed by atoms with E-state index in [9.17, 15) is 31.1 Å². The van der Waals surface area contributed by atoms with Crippen molar-refractivity contribution in [1.29, 1.82) is 0 Å². The maximum Gasteiger partial charge on any atom is 0.418 e. The van der Waals surface area contributed by atoms with Gasteiger partial charge in [-0.2, -0.15) is 26.3 Å². The number of aliphatic carboxylic acids is 1. The van der Waals surface area contributed by atoms with Gasteiger partial charge in [-0.1, -0.05) is 0 Å². The van der Waals surface area contributed by atoms with Gasteiger partial charge in [0.15, 0.2) is 6.10 Å². The van der Waals surface area contributed by atoms with Gasteiger partial charge in [-0.3, -0.25) is 0 Å². The lowest BCUT2D eigenvalue weighted by atomic mass is 9.97. The van der Waals surface area contributed by atoms with E-state index in [0.717, 1.165) is 0 Å². The van der Waals surface area contributed by atoms with Crippen LogP contribution in [0.3, 0.4) is 0 Å². The Morgan fingerprint density at radius 3 is 1.85 bits per heavy atom. The van der Waals surface area contributed by atoms with Gasteiger partial charge >= 0.3 is 18.3 Å². The average Bonchev–Trinajstić information content (AvgIpc) is 2.23. The lowest BCUT2D eigenvalue weighted by Crippen LogP contribution is -2.20. The Hall–Kier alpha value is -1.97. The van der Waals surface area contributed by atoms with Crippen LogP contribution in [0.25, 0.3) is 0 Å². The Balaban J connectivity index is 3.62. The largest absolute Gasteiger partial charge is 0.479 e. The Morgan fingerprint density at radius 1 is 1.05 bits per heavy atom. The molecule has 1 rings (SSSR count). The van der Waals surface area contributed by atoms with Gasteiger partial charge in [-0.25, -0.2) is 4.79 Å². The molecule has 112 valence electrons. The molecule has 4 nitrogen and oxygen atoms in total. The summed E-state index contributed by atoms with van der Waals surface area (Å²) in [5, 5.41) is 17.6. The number of aliphatic hydroxyl groups excluding tert-OH is 1. The van der Waals surface area contributed by atoms with E-state index in [4.69, 9.17) is 15.9 Å². The van der Waals surface area contributed by atoms with Gasteiger partial charge in [0.1, 0.15) is 0 Å². The summed E-state index contributed by atoms with van der Waals surface area (Å²) in [7, 11) is 0. The van der Waals surface area contributed by atoms with Crippen LogP contribution in [0.5, 0.6) is 0 Å². The third-order valence-electron chi connectivity index (χ3n) is 2.36. The maximum absolute atomic E-state index is 12.7. The van der Waals surface area contributed by atoms with Gasteiger partial charge in [0, 0.05) is 11.3 Å². The summed E-state index contributed by atoms with van der Waals surface area (Å²) in [4.78, 5) is 10.5. The zero-order valence-corrected chi connectivity index (χ0v) is 9.38. The van der Waals surface area contributed by atoms with Crippen LogP contribution in [-0.4, -0.2) is 16.2 Å².